The summed E-state index contributed by atoms with van der Waals surface area (Å²) in [5, 5.41) is 0. The Bertz CT molecular complexity index is 279. The lowest BCUT2D eigenvalue weighted by Gasteiger charge is -2.16. The first kappa shape index (κ1) is 18.7. The molecule has 4 nitrogen and oxygen atoms in total. The van der Waals surface area contributed by atoms with E-state index in [1.165, 1.54) is 0 Å². The standard InChI is InChI=1S/C14H29O4P/c1-4-7-9-11-17-14(15)13-19(16,6-3)18-12-10-8-5-2/h4-13H2,1-3H3. The first-order valence-electron chi connectivity index (χ1n) is 7.46. The molecule has 0 saturated heterocycles. The average molecular weight is 292 g/mol. The predicted molar refractivity (Wildman–Crippen MR) is 79.0 cm³/mol. The van der Waals surface area contributed by atoms with Crippen LogP contribution in [0, 0.1) is 0 Å². The van der Waals surface area contributed by atoms with Crippen molar-refractivity contribution < 1.29 is 18.6 Å². The molecule has 0 amide bonds. The van der Waals surface area contributed by atoms with E-state index in [-0.39, 0.29) is 6.16 Å². The zero-order chi connectivity index (χ0) is 14.6. The van der Waals surface area contributed by atoms with E-state index < -0.39 is 13.3 Å². The van der Waals surface area contributed by atoms with Crippen LogP contribution in [0.15, 0.2) is 0 Å². The molecule has 5 heteroatoms. The van der Waals surface area contributed by atoms with Gasteiger partial charge in [-0.25, -0.2) is 0 Å². The Kier molecular flexibility index (Phi) is 11.3. The van der Waals surface area contributed by atoms with Gasteiger partial charge in [0.1, 0.15) is 6.16 Å². The van der Waals surface area contributed by atoms with Crippen molar-refractivity contribution in [2.45, 2.75) is 59.3 Å². The lowest BCUT2D eigenvalue weighted by atomic mass is 10.3. The molecule has 0 aromatic carbocycles. The SMILES string of the molecule is CCCCCOC(=O)CP(=O)(CC)OCCCCC. The van der Waals surface area contributed by atoms with Gasteiger partial charge < -0.3 is 9.26 Å². The van der Waals surface area contributed by atoms with Gasteiger partial charge in [-0.05, 0) is 12.8 Å². The molecule has 0 N–H and O–H groups in total. The molecule has 19 heavy (non-hydrogen) atoms. The summed E-state index contributed by atoms with van der Waals surface area (Å²) < 4.78 is 22.8. The van der Waals surface area contributed by atoms with Crippen molar-refractivity contribution in [2.75, 3.05) is 25.5 Å². The van der Waals surface area contributed by atoms with Crippen molar-refractivity contribution in [3.8, 4) is 0 Å². The Labute approximate surface area is 117 Å². The van der Waals surface area contributed by atoms with Crippen LogP contribution >= 0.6 is 7.37 Å². The molecule has 0 aliphatic carbocycles. The molecule has 114 valence electrons. The van der Waals surface area contributed by atoms with Gasteiger partial charge in [-0.2, -0.15) is 0 Å². The molecule has 0 aromatic heterocycles. The molecule has 0 saturated carbocycles. The first-order chi connectivity index (χ1) is 9.08. The van der Waals surface area contributed by atoms with Crippen LogP contribution in [0.1, 0.15) is 59.3 Å². The second-order valence-electron chi connectivity index (χ2n) is 4.76. The van der Waals surface area contributed by atoms with Gasteiger partial charge in [0.15, 0.2) is 0 Å². The molecule has 0 radical (unpaired) electrons. The molecule has 0 aliphatic rings. The second-order valence-corrected chi connectivity index (χ2v) is 7.59. The van der Waals surface area contributed by atoms with Crippen molar-refractivity contribution in [2.24, 2.45) is 0 Å². The van der Waals surface area contributed by atoms with E-state index in [9.17, 15) is 9.36 Å². The van der Waals surface area contributed by atoms with Crippen LogP contribution in [-0.2, 0) is 18.6 Å². The van der Waals surface area contributed by atoms with Crippen LogP contribution in [0.25, 0.3) is 0 Å². The van der Waals surface area contributed by atoms with Crippen LogP contribution in [0.3, 0.4) is 0 Å². The van der Waals surface area contributed by atoms with Gasteiger partial charge in [0.25, 0.3) is 0 Å². The van der Waals surface area contributed by atoms with Gasteiger partial charge >= 0.3 is 5.97 Å². The van der Waals surface area contributed by atoms with Gasteiger partial charge in [0.2, 0.25) is 7.37 Å². The fourth-order valence-electron chi connectivity index (χ4n) is 1.61. The van der Waals surface area contributed by atoms with Gasteiger partial charge in [0.05, 0.1) is 13.2 Å². The summed E-state index contributed by atoms with van der Waals surface area (Å²) in [6.45, 7) is 6.89. The zero-order valence-electron chi connectivity index (χ0n) is 12.7. The smallest absolute Gasteiger partial charge is 0.315 e. The van der Waals surface area contributed by atoms with E-state index in [0.717, 1.165) is 38.5 Å². The van der Waals surface area contributed by atoms with E-state index in [4.69, 9.17) is 9.26 Å². The molecule has 0 aromatic rings. The number of rotatable bonds is 12. The number of hydrogen-bond acceptors (Lipinski definition) is 4. The Morgan fingerprint density at radius 3 is 2.05 bits per heavy atom. The summed E-state index contributed by atoms with van der Waals surface area (Å²) in [5.74, 6) is -0.392. The number of unbranched alkanes of at least 4 members (excludes halogenated alkanes) is 4. The number of hydrogen-bond donors (Lipinski definition) is 0. The Hall–Kier alpha value is -0.340. The molecule has 0 aliphatic heterocycles. The highest BCUT2D eigenvalue weighted by Gasteiger charge is 2.25. The number of carbonyl (C=O) groups excluding carboxylic acids is 1. The van der Waals surface area contributed by atoms with Gasteiger partial charge in [0, 0.05) is 6.16 Å². The minimum atomic E-state index is -2.83. The average Bonchev–Trinajstić information content (AvgIpc) is 2.40. The summed E-state index contributed by atoms with van der Waals surface area (Å²) in [5.41, 5.74) is 0. The second kappa shape index (κ2) is 11.5. The molecular formula is C14H29O4P. The molecule has 0 rings (SSSR count). The van der Waals surface area contributed by atoms with Gasteiger partial charge in [-0.3, -0.25) is 9.36 Å². The third kappa shape index (κ3) is 10.1. The van der Waals surface area contributed by atoms with Crippen LogP contribution < -0.4 is 0 Å². The van der Waals surface area contributed by atoms with E-state index >= 15 is 0 Å². The van der Waals surface area contributed by atoms with Crippen molar-refractivity contribution in [1.82, 2.24) is 0 Å². The van der Waals surface area contributed by atoms with Crippen LogP contribution in [-0.4, -0.2) is 31.5 Å². The molecule has 0 spiro atoms. The summed E-state index contributed by atoms with van der Waals surface area (Å²) >= 11 is 0. The van der Waals surface area contributed by atoms with Crippen molar-refractivity contribution in [1.29, 1.82) is 0 Å². The topological polar surface area (TPSA) is 52.6 Å². The van der Waals surface area contributed by atoms with Crippen molar-refractivity contribution in [3.05, 3.63) is 0 Å². The third-order valence-corrected chi connectivity index (χ3v) is 5.29. The minimum Gasteiger partial charge on any atom is -0.465 e. The normalized spacial score (nSPS) is 14.1. The maximum absolute atomic E-state index is 12.3. The van der Waals surface area contributed by atoms with E-state index in [1.54, 1.807) is 6.92 Å². The maximum Gasteiger partial charge on any atom is 0.315 e. The molecule has 0 bridgehead atoms. The summed E-state index contributed by atoms with van der Waals surface area (Å²) in [6.07, 6.45) is 6.37. The first-order valence-corrected chi connectivity index (χ1v) is 9.45. The Morgan fingerprint density at radius 1 is 0.947 bits per heavy atom. The van der Waals surface area contributed by atoms with Crippen LogP contribution in [0.2, 0.25) is 0 Å². The summed E-state index contributed by atoms with van der Waals surface area (Å²) in [7, 11) is -2.83. The van der Waals surface area contributed by atoms with E-state index in [0.29, 0.717) is 19.4 Å². The Balaban J connectivity index is 3.93. The van der Waals surface area contributed by atoms with Crippen molar-refractivity contribution in [3.63, 3.8) is 0 Å². The predicted octanol–water partition coefficient (Wildman–Crippen LogP) is 4.22. The summed E-state index contributed by atoms with van der Waals surface area (Å²) in [6, 6.07) is 0. The lowest BCUT2D eigenvalue weighted by molar-refractivity contribution is -0.140. The monoisotopic (exact) mass is 292 g/mol. The van der Waals surface area contributed by atoms with Crippen molar-refractivity contribution >= 4 is 13.3 Å². The van der Waals surface area contributed by atoms with Gasteiger partial charge in [-0.1, -0.05) is 46.5 Å². The third-order valence-electron chi connectivity index (χ3n) is 2.94. The highest BCUT2D eigenvalue weighted by atomic mass is 31.2. The van der Waals surface area contributed by atoms with E-state index in [2.05, 4.69) is 13.8 Å². The minimum absolute atomic E-state index is 0.0816. The number of carbonyl (C=O) groups is 1. The Morgan fingerprint density at radius 2 is 1.53 bits per heavy atom. The molecule has 1 unspecified atom stereocenters. The largest absolute Gasteiger partial charge is 0.465 e. The zero-order valence-corrected chi connectivity index (χ0v) is 13.5. The quantitative estimate of drug-likeness (QED) is 0.307. The molecule has 0 heterocycles. The van der Waals surface area contributed by atoms with Crippen LogP contribution in [0.5, 0.6) is 0 Å². The highest BCUT2D eigenvalue weighted by molar-refractivity contribution is 7.59. The fourth-order valence-corrected chi connectivity index (χ4v) is 3.06. The van der Waals surface area contributed by atoms with E-state index in [1.807, 2.05) is 0 Å². The van der Waals surface area contributed by atoms with Crippen LogP contribution in [0.4, 0.5) is 0 Å². The number of esters is 1. The lowest BCUT2D eigenvalue weighted by Crippen LogP contribution is -2.13. The van der Waals surface area contributed by atoms with Gasteiger partial charge in [-0.15, -0.1) is 0 Å². The fraction of sp³-hybridized carbons (Fsp3) is 0.929. The highest BCUT2D eigenvalue weighted by Crippen LogP contribution is 2.46. The summed E-state index contributed by atoms with van der Waals surface area (Å²) in [4.78, 5) is 11.6. The maximum atomic E-state index is 12.3. The molecule has 1 atom stereocenters. The molecule has 0 fully saturated rings. The number of ether oxygens (including phenoxy) is 1. The molecular weight excluding hydrogens is 263 g/mol.